The average Bonchev–Trinajstić information content (AvgIpc) is 2.11. The van der Waals surface area contributed by atoms with Crippen molar-refractivity contribution < 1.29 is 14.6 Å². The number of hydrogen-bond acceptors (Lipinski definition) is 4. The minimum Gasteiger partial charge on any atom is -0.480 e. The molecule has 1 aliphatic rings. The van der Waals surface area contributed by atoms with Crippen molar-refractivity contribution in [2.75, 3.05) is 19.6 Å². The quantitative estimate of drug-likeness (QED) is 0.792. The first-order valence-corrected chi connectivity index (χ1v) is 6.88. The number of carboxylic acids is 1. The molecule has 1 unspecified atom stereocenters. The molecule has 1 rings (SSSR count). The van der Waals surface area contributed by atoms with Crippen molar-refractivity contribution in [2.24, 2.45) is 5.73 Å². The zero-order valence-electron chi connectivity index (χ0n) is 12.8. The first-order chi connectivity index (χ1) is 8.44. The third kappa shape index (κ3) is 5.09. The number of morpholine rings is 1. The van der Waals surface area contributed by atoms with Crippen LogP contribution in [0.5, 0.6) is 0 Å². The van der Waals surface area contributed by atoms with Crippen LogP contribution in [0.3, 0.4) is 0 Å². The van der Waals surface area contributed by atoms with Gasteiger partial charge in [-0.15, -0.1) is 0 Å². The molecular formula is C14H28N2O3. The molecule has 1 fully saturated rings. The Balaban J connectivity index is 2.47. The lowest BCUT2D eigenvalue weighted by Crippen LogP contribution is -2.57. The van der Waals surface area contributed by atoms with Crippen molar-refractivity contribution in [3.63, 3.8) is 0 Å². The normalized spacial score (nSPS) is 25.8. The molecule has 0 aromatic heterocycles. The molecule has 19 heavy (non-hydrogen) atoms. The Hall–Kier alpha value is -0.650. The summed E-state index contributed by atoms with van der Waals surface area (Å²) in [6.07, 6.45) is 1.27. The number of aliphatic carboxylic acids is 1. The van der Waals surface area contributed by atoms with E-state index in [2.05, 4.69) is 32.6 Å². The molecule has 0 aromatic carbocycles. The Kier molecular flexibility index (Phi) is 4.65. The Labute approximate surface area is 116 Å². The zero-order valence-corrected chi connectivity index (χ0v) is 12.8. The molecule has 0 aliphatic carbocycles. The number of nitrogens with zero attached hydrogens (tertiary/aromatic N) is 1. The number of rotatable bonds is 5. The van der Waals surface area contributed by atoms with Crippen molar-refractivity contribution in [3.05, 3.63) is 0 Å². The van der Waals surface area contributed by atoms with Crippen molar-refractivity contribution in [1.82, 2.24) is 4.90 Å². The van der Waals surface area contributed by atoms with Crippen LogP contribution in [0.4, 0.5) is 0 Å². The highest BCUT2D eigenvalue weighted by molar-refractivity contribution is 5.77. The van der Waals surface area contributed by atoms with Crippen LogP contribution in [0.1, 0.15) is 47.5 Å². The van der Waals surface area contributed by atoms with Gasteiger partial charge in [0, 0.05) is 13.1 Å². The van der Waals surface area contributed by atoms with Gasteiger partial charge in [-0.1, -0.05) is 0 Å². The molecular weight excluding hydrogens is 244 g/mol. The monoisotopic (exact) mass is 272 g/mol. The summed E-state index contributed by atoms with van der Waals surface area (Å²) in [6, 6.07) is 0. The first kappa shape index (κ1) is 16.4. The van der Waals surface area contributed by atoms with Crippen molar-refractivity contribution in [1.29, 1.82) is 0 Å². The standard InChI is InChI=1S/C14H28N2O3/c1-12(2)9-16(10-13(3,4)19-12)8-6-7-14(5,15)11(17)18/h6-10,15H2,1-5H3,(H,17,18). The molecule has 1 heterocycles. The van der Waals surface area contributed by atoms with Crippen molar-refractivity contribution >= 4 is 5.97 Å². The topological polar surface area (TPSA) is 75.8 Å². The minimum atomic E-state index is -1.13. The van der Waals surface area contributed by atoms with E-state index < -0.39 is 11.5 Å². The van der Waals surface area contributed by atoms with E-state index in [-0.39, 0.29) is 11.2 Å². The number of carbonyl (C=O) groups is 1. The Bertz CT molecular complexity index is 322. The van der Waals surface area contributed by atoms with Gasteiger partial charge in [0.05, 0.1) is 11.2 Å². The molecule has 0 bridgehead atoms. The number of hydrogen-bond donors (Lipinski definition) is 2. The highest BCUT2D eigenvalue weighted by atomic mass is 16.5. The maximum Gasteiger partial charge on any atom is 0.323 e. The minimum absolute atomic E-state index is 0.166. The fourth-order valence-electron chi connectivity index (χ4n) is 2.88. The molecule has 1 aliphatic heterocycles. The van der Waals surface area contributed by atoms with Gasteiger partial charge in [-0.05, 0) is 54.0 Å². The van der Waals surface area contributed by atoms with Gasteiger partial charge in [-0.2, -0.15) is 0 Å². The second-order valence-corrected chi connectivity index (χ2v) is 7.16. The zero-order chi connectivity index (χ0) is 14.9. The third-order valence-electron chi connectivity index (χ3n) is 3.42. The summed E-state index contributed by atoms with van der Waals surface area (Å²) in [5.74, 6) is -0.935. The maximum absolute atomic E-state index is 11.0. The van der Waals surface area contributed by atoms with E-state index in [4.69, 9.17) is 15.6 Å². The third-order valence-corrected chi connectivity index (χ3v) is 3.42. The number of ether oxygens (including phenoxy) is 1. The van der Waals surface area contributed by atoms with E-state index in [0.717, 1.165) is 26.1 Å². The molecule has 0 amide bonds. The second-order valence-electron chi connectivity index (χ2n) is 7.16. The van der Waals surface area contributed by atoms with E-state index in [0.29, 0.717) is 6.42 Å². The average molecular weight is 272 g/mol. The summed E-state index contributed by atoms with van der Waals surface area (Å²) >= 11 is 0. The Morgan fingerprint density at radius 1 is 1.32 bits per heavy atom. The van der Waals surface area contributed by atoms with E-state index in [1.807, 2.05) is 0 Å². The van der Waals surface area contributed by atoms with E-state index in [1.54, 1.807) is 6.92 Å². The van der Waals surface area contributed by atoms with Crippen LogP contribution in [-0.2, 0) is 9.53 Å². The van der Waals surface area contributed by atoms with Gasteiger partial charge in [0.1, 0.15) is 5.54 Å². The van der Waals surface area contributed by atoms with Crippen LogP contribution in [-0.4, -0.2) is 52.4 Å². The molecule has 1 saturated heterocycles. The van der Waals surface area contributed by atoms with Gasteiger partial charge in [0.15, 0.2) is 0 Å². The number of nitrogens with two attached hydrogens (primary N) is 1. The summed E-state index contributed by atoms with van der Waals surface area (Å²) in [4.78, 5) is 13.3. The molecule has 112 valence electrons. The summed E-state index contributed by atoms with van der Waals surface area (Å²) < 4.78 is 6.02. The summed E-state index contributed by atoms with van der Waals surface area (Å²) in [5, 5.41) is 8.99. The Morgan fingerprint density at radius 2 is 1.79 bits per heavy atom. The largest absolute Gasteiger partial charge is 0.480 e. The molecule has 3 N–H and O–H groups in total. The van der Waals surface area contributed by atoms with Gasteiger partial charge >= 0.3 is 5.97 Å². The highest BCUT2D eigenvalue weighted by Gasteiger charge is 2.38. The van der Waals surface area contributed by atoms with Crippen LogP contribution in [0.2, 0.25) is 0 Å². The van der Waals surface area contributed by atoms with Crippen LogP contribution in [0.15, 0.2) is 0 Å². The fourth-order valence-corrected chi connectivity index (χ4v) is 2.88. The van der Waals surface area contributed by atoms with Gasteiger partial charge in [-0.25, -0.2) is 0 Å². The summed E-state index contributed by atoms with van der Waals surface area (Å²) in [5.41, 5.74) is 4.28. The van der Waals surface area contributed by atoms with Gasteiger partial charge < -0.3 is 15.6 Å². The summed E-state index contributed by atoms with van der Waals surface area (Å²) in [7, 11) is 0. The predicted octanol–water partition coefficient (Wildman–Crippen LogP) is 1.46. The van der Waals surface area contributed by atoms with E-state index >= 15 is 0 Å². The Morgan fingerprint density at radius 3 is 2.21 bits per heavy atom. The molecule has 0 aromatic rings. The molecule has 1 atom stereocenters. The first-order valence-electron chi connectivity index (χ1n) is 6.88. The lowest BCUT2D eigenvalue weighted by Gasteiger charge is -2.47. The maximum atomic E-state index is 11.0. The lowest BCUT2D eigenvalue weighted by molar-refractivity contribution is -0.180. The molecule has 0 saturated carbocycles. The van der Waals surface area contributed by atoms with Crippen LogP contribution in [0, 0.1) is 0 Å². The highest BCUT2D eigenvalue weighted by Crippen LogP contribution is 2.28. The SMILES string of the molecule is CC1(C)CN(CCCC(C)(N)C(=O)O)CC(C)(C)O1. The van der Waals surface area contributed by atoms with Crippen LogP contribution >= 0.6 is 0 Å². The van der Waals surface area contributed by atoms with Gasteiger partial charge in [0.25, 0.3) is 0 Å². The van der Waals surface area contributed by atoms with Gasteiger partial charge in [0.2, 0.25) is 0 Å². The lowest BCUT2D eigenvalue weighted by atomic mass is 9.95. The van der Waals surface area contributed by atoms with Crippen molar-refractivity contribution in [3.8, 4) is 0 Å². The van der Waals surface area contributed by atoms with Crippen LogP contribution in [0.25, 0.3) is 0 Å². The predicted molar refractivity (Wildman–Crippen MR) is 75.1 cm³/mol. The summed E-state index contributed by atoms with van der Waals surface area (Å²) in [6.45, 7) is 12.5. The fraction of sp³-hybridized carbons (Fsp3) is 0.929. The smallest absolute Gasteiger partial charge is 0.323 e. The molecule has 5 nitrogen and oxygen atoms in total. The molecule has 0 spiro atoms. The second kappa shape index (κ2) is 5.38. The van der Waals surface area contributed by atoms with E-state index in [9.17, 15) is 4.79 Å². The molecule has 0 radical (unpaired) electrons. The van der Waals surface area contributed by atoms with Crippen LogP contribution < -0.4 is 5.73 Å². The van der Waals surface area contributed by atoms with E-state index in [1.165, 1.54) is 0 Å². The number of carboxylic acid groups (broad SMARTS) is 1. The molecule has 5 heteroatoms. The van der Waals surface area contributed by atoms with Gasteiger partial charge in [-0.3, -0.25) is 9.69 Å². The van der Waals surface area contributed by atoms with Crippen molar-refractivity contribution in [2.45, 2.75) is 64.2 Å².